The lowest BCUT2D eigenvalue weighted by Crippen LogP contribution is -2.45. The summed E-state index contributed by atoms with van der Waals surface area (Å²) < 4.78 is 49.9. The van der Waals surface area contributed by atoms with E-state index in [0.717, 1.165) is 39.1 Å². The fourth-order valence-corrected chi connectivity index (χ4v) is 4.44. The highest BCUT2D eigenvalue weighted by atomic mass is 19.3. The molecular formula is C26H30F2N4O5. The van der Waals surface area contributed by atoms with E-state index in [4.69, 9.17) is 18.9 Å². The number of ether oxygens (including phenoxy) is 4. The number of carbonyl (C=O) groups excluding carboxylic acids is 1. The number of fused-ring (bicyclic) bond motifs is 1. The Labute approximate surface area is 213 Å². The minimum atomic E-state index is -3.10. The smallest absolute Gasteiger partial charge is 0.387 e. The van der Waals surface area contributed by atoms with Crippen LogP contribution in [-0.2, 0) is 4.74 Å². The van der Waals surface area contributed by atoms with Crippen molar-refractivity contribution in [2.45, 2.75) is 38.5 Å². The van der Waals surface area contributed by atoms with Crippen molar-refractivity contribution in [2.75, 3.05) is 40.0 Å². The standard InChI is InChI=1S/C26H30F2N4O5/c1-16-15-35-9-7-31(16)8-10-36-19-5-6-32-20(14-29-23(32)13-19)17-11-21(34-2)24(22(12-17)37-26(27)28)25(33)30-18-3-4-18/h5-6,11-14,16,18,26H,3-4,7-10,15H2,1-2H3,(H,30,33). The van der Waals surface area contributed by atoms with Crippen molar-refractivity contribution in [3.05, 3.63) is 42.2 Å². The molecule has 1 atom stereocenters. The van der Waals surface area contributed by atoms with E-state index in [0.29, 0.717) is 35.3 Å². The van der Waals surface area contributed by atoms with Gasteiger partial charge in [-0.15, -0.1) is 0 Å². The van der Waals surface area contributed by atoms with Crippen LogP contribution in [0.2, 0.25) is 0 Å². The summed E-state index contributed by atoms with van der Waals surface area (Å²) in [5, 5.41) is 2.80. The minimum absolute atomic E-state index is 0.0451. The lowest BCUT2D eigenvalue weighted by molar-refractivity contribution is -0.0502. The van der Waals surface area contributed by atoms with Gasteiger partial charge < -0.3 is 24.3 Å². The Morgan fingerprint density at radius 2 is 2.08 bits per heavy atom. The molecule has 0 radical (unpaired) electrons. The highest BCUT2D eigenvalue weighted by molar-refractivity contribution is 6.01. The molecule has 1 amide bonds. The molecule has 9 nitrogen and oxygen atoms in total. The molecule has 0 spiro atoms. The van der Waals surface area contributed by atoms with Crippen LogP contribution >= 0.6 is 0 Å². The summed E-state index contributed by atoms with van der Waals surface area (Å²) in [5.41, 5.74) is 1.70. The normalized spacial score (nSPS) is 18.2. The van der Waals surface area contributed by atoms with E-state index in [1.54, 1.807) is 18.5 Å². The second-order valence-electron chi connectivity index (χ2n) is 9.22. The van der Waals surface area contributed by atoms with Crippen LogP contribution in [0.3, 0.4) is 0 Å². The molecule has 5 rings (SSSR count). The molecule has 1 N–H and O–H groups in total. The van der Waals surface area contributed by atoms with Gasteiger partial charge in [0.2, 0.25) is 0 Å². The van der Waals surface area contributed by atoms with Crippen LogP contribution in [0.1, 0.15) is 30.1 Å². The van der Waals surface area contributed by atoms with E-state index in [1.807, 2.05) is 16.5 Å². The van der Waals surface area contributed by atoms with Crippen LogP contribution in [0.15, 0.2) is 36.7 Å². The number of aromatic nitrogens is 2. The zero-order valence-electron chi connectivity index (χ0n) is 20.8. The Hall–Kier alpha value is -3.44. The number of morpholine rings is 1. The van der Waals surface area contributed by atoms with Gasteiger partial charge in [0, 0.05) is 43.0 Å². The average molecular weight is 517 g/mol. The number of nitrogens with zero attached hydrogens (tertiary/aromatic N) is 3. The lowest BCUT2D eigenvalue weighted by atomic mass is 10.1. The van der Waals surface area contributed by atoms with E-state index in [-0.39, 0.29) is 23.1 Å². The quantitative estimate of drug-likeness (QED) is 0.441. The monoisotopic (exact) mass is 516 g/mol. The minimum Gasteiger partial charge on any atom is -0.496 e. The summed E-state index contributed by atoms with van der Waals surface area (Å²) in [4.78, 5) is 19.6. The third-order valence-corrected chi connectivity index (χ3v) is 6.57. The maximum atomic E-state index is 13.3. The molecular weight excluding hydrogens is 486 g/mol. The summed E-state index contributed by atoms with van der Waals surface area (Å²) in [5.74, 6) is 0.0539. The molecule has 2 aliphatic rings. The maximum absolute atomic E-state index is 13.3. The number of hydrogen-bond acceptors (Lipinski definition) is 7. The van der Waals surface area contributed by atoms with Gasteiger partial charge in [-0.05, 0) is 38.0 Å². The number of hydrogen-bond donors (Lipinski definition) is 1. The van der Waals surface area contributed by atoms with Crippen LogP contribution < -0.4 is 19.5 Å². The van der Waals surface area contributed by atoms with E-state index >= 15 is 0 Å². The zero-order valence-corrected chi connectivity index (χ0v) is 20.8. The molecule has 1 aliphatic heterocycles. The van der Waals surface area contributed by atoms with Gasteiger partial charge in [0.1, 0.15) is 35.1 Å². The number of nitrogens with one attached hydrogen (secondary N) is 1. The van der Waals surface area contributed by atoms with Gasteiger partial charge in [0.15, 0.2) is 0 Å². The first kappa shape index (κ1) is 25.2. The second kappa shape index (κ2) is 10.9. The summed E-state index contributed by atoms with van der Waals surface area (Å²) >= 11 is 0. The number of imidazole rings is 1. The zero-order chi connectivity index (χ0) is 25.9. The fraction of sp³-hybridized carbons (Fsp3) is 0.462. The lowest BCUT2D eigenvalue weighted by Gasteiger charge is -2.32. The molecule has 3 heterocycles. The van der Waals surface area contributed by atoms with Crippen LogP contribution in [0.5, 0.6) is 17.2 Å². The molecule has 11 heteroatoms. The highest BCUT2D eigenvalue weighted by Gasteiger charge is 2.29. The molecule has 0 bridgehead atoms. The number of rotatable bonds is 10. The Kier molecular flexibility index (Phi) is 7.43. The van der Waals surface area contributed by atoms with Gasteiger partial charge in [-0.25, -0.2) is 4.98 Å². The molecule has 37 heavy (non-hydrogen) atoms. The maximum Gasteiger partial charge on any atom is 0.387 e. The van der Waals surface area contributed by atoms with Crippen LogP contribution in [0.25, 0.3) is 16.9 Å². The summed E-state index contributed by atoms with van der Waals surface area (Å²) in [6.07, 6.45) is 5.14. The predicted octanol–water partition coefficient (Wildman–Crippen LogP) is 3.60. The fourth-order valence-electron chi connectivity index (χ4n) is 4.44. The van der Waals surface area contributed by atoms with Gasteiger partial charge in [-0.3, -0.25) is 14.1 Å². The number of carbonyl (C=O) groups is 1. The SMILES string of the molecule is COc1cc(-c2cnc3cc(OCCN4CCOCC4C)ccn23)cc(OC(F)F)c1C(=O)NC1CC1. The molecule has 1 saturated carbocycles. The first-order valence-corrected chi connectivity index (χ1v) is 12.3. The first-order chi connectivity index (χ1) is 17.9. The van der Waals surface area contributed by atoms with Gasteiger partial charge in [0.25, 0.3) is 5.91 Å². The first-order valence-electron chi connectivity index (χ1n) is 12.3. The van der Waals surface area contributed by atoms with Crippen molar-refractivity contribution >= 4 is 11.6 Å². The van der Waals surface area contributed by atoms with Crippen molar-refractivity contribution in [1.29, 1.82) is 0 Å². The Morgan fingerprint density at radius 3 is 2.81 bits per heavy atom. The molecule has 1 saturated heterocycles. The number of alkyl halides is 2. The number of halogens is 2. The van der Waals surface area contributed by atoms with Gasteiger partial charge >= 0.3 is 6.61 Å². The van der Waals surface area contributed by atoms with E-state index in [2.05, 4.69) is 22.1 Å². The molecule has 1 unspecified atom stereocenters. The third-order valence-electron chi connectivity index (χ3n) is 6.57. The summed E-state index contributed by atoms with van der Waals surface area (Å²) in [7, 11) is 1.38. The van der Waals surface area contributed by atoms with Crippen molar-refractivity contribution in [3.63, 3.8) is 0 Å². The van der Waals surface area contributed by atoms with Gasteiger partial charge in [0.05, 0.1) is 32.2 Å². The summed E-state index contributed by atoms with van der Waals surface area (Å²) in [6, 6.07) is 7.08. The number of methoxy groups -OCH3 is 1. The Morgan fingerprint density at radius 1 is 1.27 bits per heavy atom. The van der Waals surface area contributed by atoms with Gasteiger partial charge in [-0.2, -0.15) is 8.78 Å². The molecule has 1 aromatic carbocycles. The van der Waals surface area contributed by atoms with Crippen molar-refractivity contribution in [2.24, 2.45) is 0 Å². The number of benzene rings is 1. The largest absolute Gasteiger partial charge is 0.496 e. The highest BCUT2D eigenvalue weighted by Crippen LogP contribution is 2.37. The average Bonchev–Trinajstić information content (AvgIpc) is 3.59. The summed E-state index contributed by atoms with van der Waals surface area (Å²) in [6.45, 7) is 2.70. The predicted molar refractivity (Wildman–Crippen MR) is 132 cm³/mol. The molecule has 3 aromatic rings. The van der Waals surface area contributed by atoms with E-state index < -0.39 is 12.5 Å². The van der Waals surface area contributed by atoms with Crippen molar-refractivity contribution < 1.29 is 32.5 Å². The number of amides is 1. The van der Waals surface area contributed by atoms with Crippen LogP contribution in [0, 0.1) is 0 Å². The van der Waals surface area contributed by atoms with E-state index in [9.17, 15) is 13.6 Å². The second-order valence-corrected chi connectivity index (χ2v) is 9.22. The molecule has 1 aliphatic carbocycles. The van der Waals surface area contributed by atoms with Crippen molar-refractivity contribution in [3.8, 4) is 28.5 Å². The Bertz CT molecular complexity index is 1260. The van der Waals surface area contributed by atoms with Crippen LogP contribution in [-0.4, -0.2) is 78.9 Å². The van der Waals surface area contributed by atoms with E-state index in [1.165, 1.54) is 13.2 Å². The van der Waals surface area contributed by atoms with Crippen LogP contribution in [0.4, 0.5) is 8.78 Å². The van der Waals surface area contributed by atoms with Crippen molar-refractivity contribution in [1.82, 2.24) is 19.6 Å². The molecule has 198 valence electrons. The molecule has 2 aromatic heterocycles. The third kappa shape index (κ3) is 5.78. The molecule has 2 fully saturated rings. The Balaban J connectivity index is 1.38. The number of pyridine rings is 1. The topological polar surface area (TPSA) is 86.6 Å². The van der Waals surface area contributed by atoms with Gasteiger partial charge in [-0.1, -0.05) is 0 Å².